The third-order valence-electron chi connectivity index (χ3n) is 3.54. The molecular formula is C18H29NO9P+. The molecule has 0 spiro atoms. The van der Waals surface area contributed by atoms with Crippen LogP contribution in [-0.4, -0.2) is 86.3 Å². The predicted molar refractivity (Wildman–Crippen MR) is 105 cm³/mol. The number of likely N-dealkylation sites (N-methyl/N-ethyl adjacent to an activating group) is 1. The zero-order valence-electron chi connectivity index (χ0n) is 17.0. The first-order valence-corrected chi connectivity index (χ1v) is 10.2. The Balaban J connectivity index is 2.53. The van der Waals surface area contributed by atoms with Crippen LogP contribution < -0.4 is 4.74 Å². The Bertz CT molecular complexity index is 745. The molecule has 10 nitrogen and oxygen atoms in total. The van der Waals surface area contributed by atoms with Crippen molar-refractivity contribution in [1.29, 1.82) is 0 Å². The molecule has 0 aliphatic carbocycles. The monoisotopic (exact) mass is 434 g/mol. The van der Waals surface area contributed by atoms with Gasteiger partial charge in [-0.05, 0) is 23.8 Å². The van der Waals surface area contributed by atoms with E-state index in [9.17, 15) is 24.5 Å². The van der Waals surface area contributed by atoms with Crippen LogP contribution in [0.5, 0.6) is 11.5 Å². The van der Waals surface area contributed by atoms with Gasteiger partial charge in [0.2, 0.25) is 0 Å². The summed E-state index contributed by atoms with van der Waals surface area (Å²) in [5, 5.41) is 18.8. The number of carbonyl (C=O) groups excluding carboxylic acids is 1. The summed E-state index contributed by atoms with van der Waals surface area (Å²) in [4.78, 5) is 21.5. The first-order chi connectivity index (χ1) is 13.5. The summed E-state index contributed by atoms with van der Waals surface area (Å²) >= 11 is 0. The van der Waals surface area contributed by atoms with Crippen LogP contribution >= 0.6 is 7.82 Å². The zero-order valence-corrected chi connectivity index (χ0v) is 17.9. The number of phosphoric acid groups is 1. The number of hydrogen-bond acceptors (Lipinski definition) is 8. The van der Waals surface area contributed by atoms with Crippen molar-refractivity contribution >= 4 is 19.9 Å². The summed E-state index contributed by atoms with van der Waals surface area (Å²) in [7, 11) is 2.76. The van der Waals surface area contributed by atoms with Crippen LogP contribution in [0.2, 0.25) is 0 Å². The molecule has 1 aromatic carbocycles. The fourth-order valence-corrected chi connectivity index (χ4v) is 2.68. The standard InChI is InChI=1S/C18H28NO9P/c1-19(2,3)9-10-26-29(23,24)27-13-15(12-20)28-18(22)8-6-14-5-7-16(21)17(11-14)25-4/h5-8,11,15,20H,9-10,12-13H2,1-4H3,(H-,21,22,23,24)/p+1/t15-/m1/s1. The molecule has 164 valence electrons. The van der Waals surface area contributed by atoms with Crippen LogP contribution in [0.1, 0.15) is 5.56 Å². The maximum Gasteiger partial charge on any atom is 0.472 e. The summed E-state index contributed by atoms with van der Waals surface area (Å²) in [6, 6.07) is 4.48. The highest BCUT2D eigenvalue weighted by molar-refractivity contribution is 7.47. The molecule has 11 heteroatoms. The van der Waals surface area contributed by atoms with Crippen molar-refractivity contribution in [2.75, 3.05) is 54.6 Å². The van der Waals surface area contributed by atoms with Crippen molar-refractivity contribution in [1.82, 2.24) is 0 Å². The smallest absolute Gasteiger partial charge is 0.472 e. The molecule has 29 heavy (non-hydrogen) atoms. The molecule has 0 aliphatic heterocycles. The number of phenolic OH excluding ortho intramolecular Hbond substituents is 1. The van der Waals surface area contributed by atoms with E-state index in [1.165, 1.54) is 25.3 Å². The maximum absolute atomic E-state index is 11.9. The van der Waals surface area contributed by atoms with E-state index in [-0.39, 0.29) is 18.1 Å². The normalized spacial score (nSPS) is 15.1. The Hall–Kier alpha value is -1.94. The van der Waals surface area contributed by atoms with E-state index in [0.29, 0.717) is 16.6 Å². The highest BCUT2D eigenvalue weighted by Gasteiger charge is 2.25. The molecule has 0 saturated carbocycles. The van der Waals surface area contributed by atoms with Gasteiger partial charge in [-0.15, -0.1) is 0 Å². The van der Waals surface area contributed by atoms with E-state index in [1.807, 2.05) is 21.1 Å². The number of nitrogens with zero attached hydrogens (tertiary/aromatic N) is 1. The molecular weight excluding hydrogens is 405 g/mol. The minimum absolute atomic E-state index is 0.000310. The molecule has 0 heterocycles. The molecule has 0 fully saturated rings. The Morgan fingerprint density at radius 1 is 1.28 bits per heavy atom. The van der Waals surface area contributed by atoms with Crippen molar-refractivity contribution in [3.05, 3.63) is 29.8 Å². The maximum atomic E-state index is 11.9. The molecule has 0 saturated heterocycles. The van der Waals surface area contributed by atoms with Crippen LogP contribution in [0, 0.1) is 0 Å². The lowest BCUT2D eigenvalue weighted by Crippen LogP contribution is -2.37. The molecule has 1 rings (SSSR count). The topological polar surface area (TPSA) is 132 Å². The Morgan fingerprint density at radius 3 is 2.55 bits per heavy atom. The largest absolute Gasteiger partial charge is 0.504 e. The molecule has 0 amide bonds. The van der Waals surface area contributed by atoms with Crippen molar-refractivity contribution in [2.24, 2.45) is 0 Å². The van der Waals surface area contributed by atoms with E-state index in [1.54, 1.807) is 6.07 Å². The first kappa shape index (κ1) is 25.1. The highest BCUT2D eigenvalue weighted by atomic mass is 31.2. The molecule has 3 N–H and O–H groups in total. The number of hydrogen-bond donors (Lipinski definition) is 3. The fraction of sp³-hybridized carbons (Fsp3) is 0.500. The number of quaternary nitrogens is 1. The number of aliphatic hydroxyl groups is 1. The Morgan fingerprint density at radius 2 is 1.97 bits per heavy atom. The average molecular weight is 434 g/mol. The van der Waals surface area contributed by atoms with Gasteiger partial charge in [-0.3, -0.25) is 9.05 Å². The number of phosphoric ester groups is 1. The summed E-state index contributed by atoms with van der Waals surface area (Å²) in [6.07, 6.45) is 1.37. The quantitative estimate of drug-likeness (QED) is 0.192. The minimum Gasteiger partial charge on any atom is -0.504 e. The van der Waals surface area contributed by atoms with Crippen molar-refractivity contribution in [3.63, 3.8) is 0 Å². The number of aliphatic hydroxyl groups excluding tert-OH is 1. The minimum atomic E-state index is -4.33. The lowest BCUT2D eigenvalue weighted by Gasteiger charge is -2.24. The Labute approximate surface area is 170 Å². The highest BCUT2D eigenvalue weighted by Crippen LogP contribution is 2.43. The van der Waals surface area contributed by atoms with Gasteiger partial charge < -0.3 is 29.1 Å². The predicted octanol–water partition coefficient (Wildman–Crippen LogP) is 1.16. The summed E-state index contributed by atoms with van der Waals surface area (Å²) in [5.74, 6) is -0.591. The summed E-state index contributed by atoms with van der Waals surface area (Å²) in [6.45, 7) is -0.633. The van der Waals surface area contributed by atoms with Gasteiger partial charge >= 0.3 is 13.8 Å². The fourth-order valence-electron chi connectivity index (χ4n) is 1.93. The van der Waals surface area contributed by atoms with Crippen LogP contribution in [0.4, 0.5) is 0 Å². The Kier molecular flexibility index (Phi) is 9.78. The van der Waals surface area contributed by atoms with Gasteiger partial charge in [0, 0.05) is 6.08 Å². The van der Waals surface area contributed by atoms with E-state index in [4.69, 9.17) is 18.5 Å². The number of phenols is 1. The van der Waals surface area contributed by atoms with Crippen molar-refractivity contribution in [2.45, 2.75) is 6.10 Å². The van der Waals surface area contributed by atoms with Gasteiger partial charge in [0.25, 0.3) is 0 Å². The van der Waals surface area contributed by atoms with Crippen molar-refractivity contribution < 1.29 is 47.5 Å². The van der Waals surface area contributed by atoms with Gasteiger partial charge in [-0.1, -0.05) is 6.07 Å². The van der Waals surface area contributed by atoms with Gasteiger partial charge in [0.05, 0.1) is 41.5 Å². The van der Waals surface area contributed by atoms with E-state index >= 15 is 0 Å². The molecule has 0 bridgehead atoms. The van der Waals surface area contributed by atoms with E-state index in [2.05, 4.69) is 0 Å². The second kappa shape index (κ2) is 11.3. The number of aromatic hydroxyl groups is 1. The number of ether oxygens (including phenoxy) is 2. The lowest BCUT2D eigenvalue weighted by atomic mass is 10.2. The second-order valence-corrected chi connectivity index (χ2v) is 8.57. The molecule has 0 aliphatic rings. The molecule has 2 atom stereocenters. The molecule has 0 radical (unpaired) electrons. The SMILES string of the molecule is COc1cc(C=CC(=O)O[C@H](CO)COP(=O)(O)OCC[N+](C)(C)C)ccc1O. The molecule has 1 unspecified atom stereocenters. The van der Waals surface area contributed by atoms with Gasteiger partial charge in [-0.25, -0.2) is 9.36 Å². The number of methoxy groups -OCH3 is 1. The molecule has 1 aromatic rings. The van der Waals surface area contributed by atoms with E-state index < -0.39 is 33.1 Å². The number of carbonyl (C=O) groups is 1. The van der Waals surface area contributed by atoms with E-state index in [0.717, 1.165) is 6.08 Å². The molecule has 0 aromatic heterocycles. The van der Waals surface area contributed by atoms with Crippen LogP contribution in [0.15, 0.2) is 24.3 Å². The third kappa shape index (κ3) is 10.4. The second-order valence-electron chi connectivity index (χ2n) is 7.12. The van der Waals surface area contributed by atoms with Crippen LogP contribution in [-0.2, 0) is 23.1 Å². The summed E-state index contributed by atoms with van der Waals surface area (Å²) < 4.78 is 32.0. The van der Waals surface area contributed by atoms with Crippen LogP contribution in [0.3, 0.4) is 0 Å². The lowest BCUT2D eigenvalue weighted by molar-refractivity contribution is -0.870. The summed E-state index contributed by atoms with van der Waals surface area (Å²) in [5.41, 5.74) is 0.568. The number of esters is 1. The third-order valence-corrected chi connectivity index (χ3v) is 4.53. The average Bonchev–Trinajstić information content (AvgIpc) is 2.63. The number of benzene rings is 1. The first-order valence-electron chi connectivity index (χ1n) is 8.74. The van der Waals surface area contributed by atoms with Crippen molar-refractivity contribution in [3.8, 4) is 11.5 Å². The van der Waals surface area contributed by atoms with Gasteiger partial charge in [0.15, 0.2) is 11.5 Å². The number of rotatable bonds is 12. The zero-order chi connectivity index (χ0) is 22.1. The van der Waals surface area contributed by atoms with Crippen LogP contribution in [0.25, 0.3) is 6.08 Å². The van der Waals surface area contributed by atoms with Gasteiger partial charge in [-0.2, -0.15) is 0 Å². The van der Waals surface area contributed by atoms with Gasteiger partial charge in [0.1, 0.15) is 19.3 Å².